The number of carbonyl (C=O) groups excluding carboxylic acids is 2. The largest absolute Gasteiger partial charge is 0.366 e. The van der Waals surface area contributed by atoms with Gasteiger partial charge in [0.05, 0.1) is 16.9 Å². The minimum absolute atomic E-state index is 0.0640. The van der Waals surface area contributed by atoms with Crippen LogP contribution in [0, 0.1) is 11.6 Å². The number of aromatic nitrogens is 3. The second kappa shape index (κ2) is 9.61. The zero-order chi connectivity index (χ0) is 23.4. The molecule has 7 nitrogen and oxygen atoms in total. The van der Waals surface area contributed by atoms with Gasteiger partial charge in [0.25, 0.3) is 5.91 Å². The summed E-state index contributed by atoms with van der Waals surface area (Å²) in [6, 6.07) is 18.9. The lowest BCUT2D eigenvalue weighted by Crippen LogP contribution is -2.17. The number of primary amides is 1. The summed E-state index contributed by atoms with van der Waals surface area (Å²) in [5.41, 5.74) is 6.03. The highest BCUT2D eigenvalue weighted by Gasteiger charge is 2.19. The minimum atomic E-state index is -0.936. The maximum atomic E-state index is 14.4. The fourth-order valence-corrected chi connectivity index (χ4v) is 3.86. The van der Waals surface area contributed by atoms with Gasteiger partial charge in [0.2, 0.25) is 5.91 Å². The van der Waals surface area contributed by atoms with Crippen molar-refractivity contribution < 1.29 is 18.4 Å². The Labute approximate surface area is 191 Å². The number of amides is 2. The van der Waals surface area contributed by atoms with Crippen molar-refractivity contribution in [3.63, 3.8) is 0 Å². The van der Waals surface area contributed by atoms with Crippen LogP contribution in [0.2, 0.25) is 0 Å². The third kappa shape index (κ3) is 4.90. The number of benzene rings is 3. The van der Waals surface area contributed by atoms with Gasteiger partial charge in [-0.3, -0.25) is 14.2 Å². The van der Waals surface area contributed by atoms with E-state index in [9.17, 15) is 18.4 Å². The molecule has 0 aliphatic heterocycles. The van der Waals surface area contributed by atoms with Crippen LogP contribution in [0.3, 0.4) is 0 Å². The van der Waals surface area contributed by atoms with E-state index in [1.165, 1.54) is 18.2 Å². The molecule has 1 heterocycles. The molecule has 4 aromatic rings. The fraction of sp³-hybridized carbons (Fsp3) is 0.0435. The second-order valence-electron chi connectivity index (χ2n) is 6.85. The van der Waals surface area contributed by atoms with Gasteiger partial charge in [0.1, 0.15) is 11.6 Å². The maximum absolute atomic E-state index is 14.4. The summed E-state index contributed by atoms with van der Waals surface area (Å²) < 4.78 is 29.8. The molecule has 4 rings (SSSR count). The van der Waals surface area contributed by atoms with Gasteiger partial charge in [-0.1, -0.05) is 42.1 Å². The number of hydrogen-bond acceptors (Lipinski definition) is 5. The summed E-state index contributed by atoms with van der Waals surface area (Å²) in [6.07, 6.45) is 0. The van der Waals surface area contributed by atoms with Gasteiger partial charge >= 0.3 is 0 Å². The molecule has 0 fully saturated rings. The van der Waals surface area contributed by atoms with Crippen LogP contribution in [-0.4, -0.2) is 32.3 Å². The van der Waals surface area contributed by atoms with E-state index in [4.69, 9.17) is 5.73 Å². The van der Waals surface area contributed by atoms with Gasteiger partial charge in [-0.15, -0.1) is 10.2 Å². The van der Waals surface area contributed by atoms with E-state index < -0.39 is 23.4 Å². The minimum Gasteiger partial charge on any atom is -0.366 e. The SMILES string of the molecule is NC(=O)c1cc(NC(=O)CSc2nnc(-c3ccccc3F)n2-c2ccccc2)ccc1F. The van der Waals surface area contributed by atoms with Gasteiger partial charge in [0, 0.05) is 11.4 Å². The number of nitrogens with two attached hydrogens (primary N) is 1. The number of hydrogen-bond donors (Lipinski definition) is 2. The van der Waals surface area contributed by atoms with Crippen LogP contribution in [0.1, 0.15) is 10.4 Å². The molecule has 166 valence electrons. The van der Waals surface area contributed by atoms with Crippen molar-refractivity contribution in [1.29, 1.82) is 0 Å². The summed E-state index contributed by atoms with van der Waals surface area (Å²) in [7, 11) is 0. The molecule has 1 aromatic heterocycles. The fourth-order valence-electron chi connectivity index (χ4n) is 3.11. The van der Waals surface area contributed by atoms with E-state index in [0.29, 0.717) is 16.7 Å². The molecule has 0 radical (unpaired) electrons. The zero-order valence-corrected chi connectivity index (χ0v) is 17.9. The van der Waals surface area contributed by atoms with Crippen molar-refractivity contribution in [2.75, 3.05) is 11.1 Å². The Morgan fingerprint density at radius 1 is 0.939 bits per heavy atom. The average Bonchev–Trinajstić information content (AvgIpc) is 3.23. The molecular weight excluding hydrogens is 448 g/mol. The summed E-state index contributed by atoms with van der Waals surface area (Å²) in [6.45, 7) is 0. The predicted octanol–water partition coefficient (Wildman–Crippen LogP) is 4.04. The van der Waals surface area contributed by atoms with Gasteiger partial charge in [-0.05, 0) is 42.5 Å². The van der Waals surface area contributed by atoms with Crippen LogP contribution in [0.4, 0.5) is 14.5 Å². The van der Waals surface area contributed by atoms with Crippen molar-refractivity contribution in [1.82, 2.24) is 14.8 Å². The number of nitrogens with zero attached hydrogens (tertiary/aromatic N) is 3. The van der Waals surface area contributed by atoms with Crippen LogP contribution in [0.15, 0.2) is 78.0 Å². The van der Waals surface area contributed by atoms with E-state index >= 15 is 0 Å². The number of carbonyl (C=O) groups is 2. The van der Waals surface area contributed by atoms with E-state index in [1.807, 2.05) is 30.3 Å². The molecule has 0 atom stereocenters. The highest BCUT2D eigenvalue weighted by Crippen LogP contribution is 2.29. The Bertz CT molecular complexity index is 1330. The summed E-state index contributed by atoms with van der Waals surface area (Å²) in [5, 5.41) is 11.3. The lowest BCUT2D eigenvalue weighted by Gasteiger charge is -2.11. The van der Waals surface area contributed by atoms with E-state index in [-0.39, 0.29) is 22.6 Å². The summed E-state index contributed by atoms with van der Waals surface area (Å²) in [5.74, 6) is -2.34. The molecule has 0 unspecified atom stereocenters. The second-order valence-corrected chi connectivity index (χ2v) is 7.80. The van der Waals surface area contributed by atoms with Crippen molar-refractivity contribution in [2.45, 2.75) is 5.16 Å². The van der Waals surface area contributed by atoms with Crippen LogP contribution in [0.25, 0.3) is 17.1 Å². The number of rotatable bonds is 7. The molecule has 0 spiro atoms. The zero-order valence-electron chi connectivity index (χ0n) is 17.0. The molecule has 0 aliphatic carbocycles. The molecule has 3 N–H and O–H groups in total. The van der Waals surface area contributed by atoms with Gasteiger partial charge in [-0.25, -0.2) is 8.78 Å². The highest BCUT2D eigenvalue weighted by molar-refractivity contribution is 7.99. The van der Waals surface area contributed by atoms with E-state index in [2.05, 4.69) is 15.5 Å². The highest BCUT2D eigenvalue weighted by atomic mass is 32.2. The summed E-state index contributed by atoms with van der Waals surface area (Å²) >= 11 is 1.09. The lowest BCUT2D eigenvalue weighted by molar-refractivity contribution is -0.113. The van der Waals surface area contributed by atoms with Crippen molar-refractivity contribution in [3.8, 4) is 17.1 Å². The Morgan fingerprint density at radius 2 is 1.67 bits per heavy atom. The monoisotopic (exact) mass is 465 g/mol. The third-order valence-corrected chi connectivity index (χ3v) is 5.54. The van der Waals surface area contributed by atoms with Gasteiger partial charge in [-0.2, -0.15) is 0 Å². The molecule has 3 aromatic carbocycles. The molecule has 33 heavy (non-hydrogen) atoms. The first-order valence-electron chi connectivity index (χ1n) is 9.72. The van der Waals surface area contributed by atoms with Gasteiger partial charge in [0.15, 0.2) is 11.0 Å². The van der Waals surface area contributed by atoms with Crippen LogP contribution >= 0.6 is 11.8 Å². The first kappa shape index (κ1) is 22.2. The Kier molecular flexibility index (Phi) is 6.45. The average molecular weight is 465 g/mol. The number of anilines is 1. The Hall–Kier alpha value is -4.05. The van der Waals surface area contributed by atoms with Crippen molar-refractivity contribution in [2.24, 2.45) is 5.73 Å². The molecule has 0 bridgehead atoms. The summed E-state index contributed by atoms with van der Waals surface area (Å²) in [4.78, 5) is 23.8. The molecule has 10 heteroatoms. The van der Waals surface area contributed by atoms with Crippen LogP contribution in [-0.2, 0) is 4.79 Å². The maximum Gasteiger partial charge on any atom is 0.251 e. The molecule has 2 amide bonds. The Morgan fingerprint density at radius 3 is 2.39 bits per heavy atom. The number of nitrogens with one attached hydrogen (secondary N) is 1. The normalized spacial score (nSPS) is 10.7. The van der Waals surface area contributed by atoms with Crippen molar-refractivity contribution in [3.05, 3.63) is 90.0 Å². The predicted molar refractivity (Wildman–Crippen MR) is 121 cm³/mol. The topological polar surface area (TPSA) is 103 Å². The quantitative estimate of drug-likeness (QED) is 0.401. The first-order chi connectivity index (χ1) is 15.9. The number of thioether (sulfide) groups is 1. The van der Waals surface area contributed by atoms with E-state index in [1.54, 1.807) is 22.8 Å². The standard InChI is InChI=1S/C23H17F2N5O2S/c24-18-9-5-4-8-16(18)22-28-29-23(30(22)15-6-2-1-3-7-15)33-13-20(31)27-14-10-11-19(25)17(12-14)21(26)32/h1-12H,13H2,(H2,26,32)(H,27,31). The number of halogens is 2. The first-order valence-corrected chi connectivity index (χ1v) is 10.7. The van der Waals surface area contributed by atoms with Crippen molar-refractivity contribution >= 4 is 29.3 Å². The molecule has 0 saturated carbocycles. The van der Waals surface area contributed by atoms with E-state index in [0.717, 1.165) is 17.8 Å². The third-order valence-electron chi connectivity index (χ3n) is 4.61. The van der Waals surface area contributed by atoms with Gasteiger partial charge < -0.3 is 11.1 Å². The molecular formula is C23H17F2N5O2S. The molecule has 0 aliphatic rings. The van der Waals surface area contributed by atoms with Crippen LogP contribution in [0.5, 0.6) is 0 Å². The number of para-hydroxylation sites is 1. The lowest BCUT2D eigenvalue weighted by atomic mass is 10.2. The Balaban J connectivity index is 1.58. The van der Waals surface area contributed by atoms with Crippen LogP contribution < -0.4 is 11.1 Å². The molecule has 0 saturated heterocycles. The smallest absolute Gasteiger partial charge is 0.251 e.